The molecule has 2 amide bonds. The average molecular weight is 860 g/mol. The molecule has 6 aromatic carbocycles. The second-order valence-electron chi connectivity index (χ2n) is 15.4. The molecule has 1 aliphatic heterocycles. The van der Waals surface area contributed by atoms with Crippen LogP contribution in [0.25, 0.3) is 33.7 Å². The number of hydrogen-bond donors (Lipinski definition) is 3. The molecule has 63 heavy (non-hydrogen) atoms. The van der Waals surface area contributed by atoms with E-state index in [0.717, 1.165) is 61.5 Å². The van der Waals surface area contributed by atoms with E-state index in [1.165, 1.54) is 18.9 Å². The van der Waals surface area contributed by atoms with Gasteiger partial charge in [-0.25, -0.2) is 14.6 Å². The first-order valence-electron chi connectivity index (χ1n) is 21.0. The van der Waals surface area contributed by atoms with Crippen LogP contribution in [0.5, 0.6) is 0 Å². The number of nitrogens with one attached hydrogen (secondary N) is 2. The van der Waals surface area contributed by atoms with Crippen molar-refractivity contribution >= 4 is 23.8 Å². The predicted molar refractivity (Wildman–Crippen MR) is 244 cm³/mol. The van der Waals surface area contributed by atoms with Gasteiger partial charge < -0.3 is 34.4 Å². The molecule has 320 valence electrons. The van der Waals surface area contributed by atoms with Crippen LogP contribution < -0.4 is 10.6 Å². The molecule has 1 aliphatic rings. The minimum Gasteiger partial charge on any atom is -0.467 e. The van der Waals surface area contributed by atoms with Gasteiger partial charge in [-0.2, -0.15) is 0 Å². The first kappa shape index (κ1) is 43.2. The molecule has 1 aromatic heterocycles. The lowest BCUT2D eigenvalue weighted by Crippen LogP contribution is -2.47. The Morgan fingerprint density at radius 1 is 0.714 bits per heavy atom. The monoisotopic (exact) mass is 859 g/mol. The number of ether oxygens (including phenoxy) is 3. The summed E-state index contributed by atoms with van der Waals surface area (Å²) in [6, 6.07) is 52.3. The highest BCUT2D eigenvalue weighted by Crippen LogP contribution is 2.44. The quantitative estimate of drug-likeness (QED) is 0.0681. The summed E-state index contributed by atoms with van der Waals surface area (Å²) in [5.41, 5.74) is 9.20. The first-order valence-corrected chi connectivity index (χ1v) is 21.9. The van der Waals surface area contributed by atoms with Gasteiger partial charge in [0.25, 0.3) is 5.22 Å². The lowest BCUT2D eigenvalue weighted by Gasteiger charge is -2.41. The zero-order valence-electron chi connectivity index (χ0n) is 35.1. The highest BCUT2D eigenvalue weighted by molar-refractivity contribution is 7.99. The van der Waals surface area contributed by atoms with Gasteiger partial charge in [0.05, 0.1) is 25.9 Å². The summed E-state index contributed by atoms with van der Waals surface area (Å²) in [6.07, 6.45) is -0.855. The van der Waals surface area contributed by atoms with E-state index in [2.05, 4.69) is 17.6 Å². The Kier molecular flexibility index (Phi) is 14.1. The fourth-order valence-electron chi connectivity index (χ4n) is 7.67. The van der Waals surface area contributed by atoms with Crippen molar-refractivity contribution in [3.05, 3.63) is 192 Å². The molecule has 0 unspecified atom stereocenters. The largest absolute Gasteiger partial charge is 0.467 e. The van der Waals surface area contributed by atoms with E-state index < -0.39 is 24.3 Å². The van der Waals surface area contributed by atoms with E-state index in [1.807, 2.05) is 164 Å². The number of nitrogens with zero attached hydrogens (tertiary/aromatic N) is 1. The maximum absolute atomic E-state index is 12.9. The number of aromatic nitrogens is 1. The summed E-state index contributed by atoms with van der Waals surface area (Å²) in [4.78, 5) is 30.4. The fraction of sp³-hybridized carbons (Fsp3) is 0.212. The number of aliphatic hydroxyl groups is 1. The van der Waals surface area contributed by atoms with Crippen LogP contribution in [0.3, 0.4) is 0 Å². The Bertz CT molecular complexity index is 2510. The van der Waals surface area contributed by atoms with Crippen molar-refractivity contribution in [1.29, 1.82) is 0 Å². The molecular formula is C52H49N3O7S. The number of urea groups is 1. The summed E-state index contributed by atoms with van der Waals surface area (Å²) >= 11 is 1.53. The van der Waals surface area contributed by atoms with Crippen molar-refractivity contribution in [1.82, 2.24) is 15.6 Å². The van der Waals surface area contributed by atoms with Crippen molar-refractivity contribution in [2.75, 3.05) is 12.9 Å². The third-order valence-electron chi connectivity index (χ3n) is 11.2. The molecule has 2 heterocycles. The topological polar surface area (TPSA) is 132 Å². The van der Waals surface area contributed by atoms with Crippen LogP contribution in [0, 0.1) is 5.92 Å². The summed E-state index contributed by atoms with van der Waals surface area (Å²) in [5.74, 6) is 0.753. The van der Waals surface area contributed by atoms with Crippen molar-refractivity contribution in [3.8, 4) is 33.7 Å². The Morgan fingerprint density at radius 3 is 2.03 bits per heavy atom. The van der Waals surface area contributed by atoms with Crippen LogP contribution in [0.1, 0.15) is 47.1 Å². The molecule has 0 spiro atoms. The molecule has 5 atom stereocenters. The van der Waals surface area contributed by atoms with Gasteiger partial charge in [-0.1, -0.05) is 176 Å². The Morgan fingerprint density at radius 2 is 1.35 bits per heavy atom. The zero-order valence-corrected chi connectivity index (χ0v) is 35.9. The highest BCUT2D eigenvalue weighted by atomic mass is 32.2. The number of rotatable bonds is 15. The minimum absolute atomic E-state index is 0.0289. The van der Waals surface area contributed by atoms with Gasteiger partial charge in [0.15, 0.2) is 12.1 Å². The van der Waals surface area contributed by atoms with Crippen LogP contribution in [0.15, 0.2) is 173 Å². The molecule has 10 nitrogen and oxygen atoms in total. The summed E-state index contributed by atoms with van der Waals surface area (Å²) in [5, 5.41) is 15.9. The van der Waals surface area contributed by atoms with Crippen LogP contribution in [0.2, 0.25) is 0 Å². The van der Waals surface area contributed by atoms with Crippen molar-refractivity contribution in [3.63, 3.8) is 0 Å². The number of thioether (sulfide) groups is 1. The lowest BCUT2D eigenvalue weighted by atomic mass is 9.91. The number of aliphatic hydroxyl groups excluding tert-OH is 1. The molecule has 0 radical (unpaired) electrons. The van der Waals surface area contributed by atoms with E-state index in [1.54, 1.807) is 0 Å². The summed E-state index contributed by atoms with van der Waals surface area (Å²) < 4.78 is 25.0. The van der Waals surface area contributed by atoms with Crippen LogP contribution in [-0.4, -0.2) is 47.1 Å². The van der Waals surface area contributed by atoms with Gasteiger partial charge in [-0.05, 0) is 39.4 Å². The van der Waals surface area contributed by atoms with E-state index in [-0.39, 0.29) is 31.3 Å². The smallest absolute Gasteiger partial charge is 0.328 e. The first-order chi connectivity index (χ1) is 30.8. The average Bonchev–Trinajstić information content (AvgIpc) is 3.78. The zero-order chi connectivity index (χ0) is 43.5. The normalized spacial score (nSPS) is 17.7. The van der Waals surface area contributed by atoms with E-state index in [9.17, 15) is 14.7 Å². The second kappa shape index (κ2) is 20.6. The van der Waals surface area contributed by atoms with Gasteiger partial charge in [-0.15, -0.1) is 0 Å². The molecule has 3 N–H and O–H groups in total. The molecule has 1 fully saturated rings. The van der Waals surface area contributed by atoms with E-state index in [4.69, 9.17) is 23.6 Å². The Labute approximate surface area is 371 Å². The Hall–Kier alpha value is -6.50. The third kappa shape index (κ3) is 10.8. The van der Waals surface area contributed by atoms with Crippen molar-refractivity contribution in [2.45, 2.75) is 56.3 Å². The van der Waals surface area contributed by atoms with E-state index in [0.29, 0.717) is 17.4 Å². The van der Waals surface area contributed by atoms with Gasteiger partial charge in [0, 0.05) is 41.3 Å². The number of hydrogen-bond acceptors (Lipinski definition) is 9. The summed E-state index contributed by atoms with van der Waals surface area (Å²) in [7, 11) is 1.31. The fourth-order valence-corrected chi connectivity index (χ4v) is 8.66. The van der Waals surface area contributed by atoms with Crippen molar-refractivity contribution in [2.24, 2.45) is 5.92 Å². The maximum atomic E-state index is 12.9. The molecule has 0 saturated carbocycles. The minimum atomic E-state index is -0.826. The van der Waals surface area contributed by atoms with E-state index >= 15 is 0 Å². The lowest BCUT2D eigenvalue weighted by molar-refractivity contribution is -0.268. The Balaban J connectivity index is 0.967. The molecule has 0 aliphatic carbocycles. The number of methoxy groups -OCH3 is 1. The predicted octanol–water partition coefficient (Wildman–Crippen LogP) is 10.3. The van der Waals surface area contributed by atoms with Crippen LogP contribution in [-0.2, 0) is 38.6 Å². The number of carbonyl (C=O) groups is 2. The molecule has 0 bridgehead atoms. The molecule has 8 rings (SSSR count). The van der Waals surface area contributed by atoms with Gasteiger partial charge >= 0.3 is 12.0 Å². The number of amides is 2. The van der Waals surface area contributed by atoms with Gasteiger partial charge in [-0.3, -0.25) is 0 Å². The molecule has 7 aromatic rings. The standard InChI is InChI=1S/C52H49N3O7S/c1-34-45(33-63-52-55-46(39-16-8-4-9-17-39)48(62-52)40-18-10-5-11-19-40)60-50(61-47(34)41-23-21-36(32-56)22-24-41)42-27-25-38(26-28-42)43-20-12-15-37(29-43)31-53-51(58)54-44(49(57)59-2)30-35-13-6-3-7-14-35/h3-29,34,44-45,47,50,56H,30-33H2,1-2H3,(H2,53,54,58)/t34-,44+,45+,47+,50+/m1/s1. The summed E-state index contributed by atoms with van der Waals surface area (Å²) in [6.45, 7) is 2.36. The van der Waals surface area contributed by atoms with Gasteiger partial charge in [0.1, 0.15) is 11.7 Å². The van der Waals surface area contributed by atoms with Crippen molar-refractivity contribution < 1.29 is 33.3 Å². The van der Waals surface area contributed by atoms with Gasteiger partial charge in [0.2, 0.25) is 0 Å². The number of esters is 1. The second-order valence-corrected chi connectivity index (χ2v) is 16.4. The molecule has 1 saturated heterocycles. The highest BCUT2D eigenvalue weighted by Gasteiger charge is 2.39. The van der Waals surface area contributed by atoms with Crippen LogP contribution in [0.4, 0.5) is 4.79 Å². The number of oxazole rings is 1. The number of carbonyl (C=O) groups excluding carboxylic acids is 2. The van der Waals surface area contributed by atoms with Crippen LogP contribution >= 0.6 is 11.8 Å². The number of benzene rings is 6. The SMILES string of the molecule is COC(=O)[C@H](Cc1ccccc1)NC(=O)NCc1cccc(-c2ccc([C@H]3O[C@@H](CSc4nc(-c5ccccc5)c(-c5ccccc5)o4)[C@@H](C)[C@@H](c4ccc(CO)cc4)O3)cc2)c1. The maximum Gasteiger partial charge on any atom is 0.328 e. The molecular weight excluding hydrogens is 811 g/mol. The molecule has 11 heteroatoms. The third-order valence-corrected chi connectivity index (χ3v) is 12.1.